The third kappa shape index (κ3) is 4.67. The molecule has 3 aromatic heterocycles. The quantitative estimate of drug-likeness (QED) is 0.167. The van der Waals surface area contributed by atoms with Gasteiger partial charge in [-0.3, -0.25) is 0 Å². The van der Waals surface area contributed by atoms with E-state index >= 15 is 0 Å². The van der Waals surface area contributed by atoms with E-state index in [2.05, 4.69) is 188 Å². The minimum atomic E-state index is 0.886. The van der Waals surface area contributed by atoms with Gasteiger partial charge in [-0.2, -0.15) is 0 Å². The molecule has 14 aromatic rings. The van der Waals surface area contributed by atoms with Crippen molar-refractivity contribution in [3.8, 4) is 33.4 Å². The predicted molar refractivity (Wildman–Crippen MR) is 260 cm³/mol. The summed E-state index contributed by atoms with van der Waals surface area (Å²) in [4.78, 5) is 0. The molecule has 0 atom stereocenters. The van der Waals surface area contributed by atoms with Crippen LogP contribution in [0.1, 0.15) is 0 Å². The molecule has 3 heteroatoms. The molecule has 14 rings (SSSR count). The van der Waals surface area contributed by atoms with E-state index in [-0.39, 0.29) is 0 Å². The van der Waals surface area contributed by atoms with E-state index in [1.807, 2.05) is 17.4 Å². The summed E-state index contributed by atoms with van der Waals surface area (Å²) in [5.41, 5.74) is 10.9. The third-order valence-electron chi connectivity index (χ3n) is 13.0. The topological polar surface area (TPSA) is 26.3 Å². The Morgan fingerprint density at radius 1 is 0.311 bits per heavy atom. The molecule has 0 spiro atoms. The molecule has 0 fully saturated rings. The van der Waals surface area contributed by atoms with E-state index in [4.69, 9.17) is 8.83 Å². The van der Waals surface area contributed by atoms with Gasteiger partial charge in [-0.05, 0) is 107 Å². The molecule has 0 unspecified atom stereocenters. The molecule has 0 saturated carbocycles. The van der Waals surface area contributed by atoms with Crippen molar-refractivity contribution in [1.82, 2.24) is 0 Å². The maximum atomic E-state index is 6.80. The predicted octanol–water partition coefficient (Wildman–Crippen LogP) is 17.5. The van der Waals surface area contributed by atoms with E-state index in [1.54, 1.807) is 0 Å². The van der Waals surface area contributed by atoms with Gasteiger partial charge in [0, 0.05) is 47.3 Å². The second-order valence-electron chi connectivity index (χ2n) is 16.3. The zero-order chi connectivity index (χ0) is 39.8. The molecular formula is C58H32O2S. The molecule has 0 aliphatic carbocycles. The van der Waals surface area contributed by atoms with Gasteiger partial charge in [0.15, 0.2) is 0 Å². The van der Waals surface area contributed by atoms with Gasteiger partial charge in [0.2, 0.25) is 0 Å². The molecule has 11 aromatic carbocycles. The number of para-hydroxylation sites is 2. The van der Waals surface area contributed by atoms with Crippen molar-refractivity contribution in [2.75, 3.05) is 0 Å². The Labute approximate surface area is 353 Å². The van der Waals surface area contributed by atoms with Crippen LogP contribution in [-0.2, 0) is 0 Å². The Balaban J connectivity index is 0.930. The highest BCUT2D eigenvalue weighted by Gasteiger charge is 2.21. The molecule has 61 heavy (non-hydrogen) atoms. The largest absolute Gasteiger partial charge is 0.455 e. The molecule has 0 aliphatic heterocycles. The molecule has 0 aliphatic rings. The van der Waals surface area contributed by atoms with Crippen LogP contribution >= 0.6 is 11.3 Å². The zero-order valence-electron chi connectivity index (χ0n) is 32.7. The fourth-order valence-corrected chi connectivity index (χ4v) is 11.6. The Morgan fingerprint density at radius 2 is 0.902 bits per heavy atom. The molecular weight excluding hydrogens is 761 g/mol. The lowest BCUT2D eigenvalue weighted by atomic mass is 9.84. The Morgan fingerprint density at radius 3 is 1.74 bits per heavy atom. The van der Waals surface area contributed by atoms with Crippen molar-refractivity contribution < 1.29 is 8.83 Å². The van der Waals surface area contributed by atoms with Crippen molar-refractivity contribution in [3.63, 3.8) is 0 Å². The van der Waals surface area contributed by atoms with E-state index in [1.165, 1.54) is 90.9 Å². The van der Waals surface area contributed by atoms with Crippen LogP contribution in [0.15, 0.2) is 203 Å². The van der Waals surface area contributed by atoms with Crippen LogP contribution in [0.2, 0.25) is 0 Å². The van der Waals surface area contributed by atoms with Crippen LogP contribution in [0.3, 0.4) is 0 Å². The van der Waals surface area contributed by atoms with Gasteiger partial charge >= 0.3 is 0 Å². The van der Waals surface area contributed by atoms with Gasteiger partial charge in [0.25, 0.3) is 0 Å². The van der Waals surface area contributed by atoms with Gasteiger partial charge in [0.05, 0.1) is 0 Å². The van der Waals surface area contributed by atoms with E-state index in [0.29, 0.717) is 0 Å². The Bertz CT molecular complexity index is 4120. The second kappa shape index (κ2) is 12.4. The summed E-state index contributed by atoms with van der Waals surface area (Å²) in [5, 5.41) is 16.9. The highest BCUT2D eigenvalue weighted by atomic mass is 32.1. The Hall–Kier alpha value is -7.72. The molecule has 0 radical (unpaired) electrons. The number of thiophene rings is 1. The van der Waals surface area contributed by atoms with Gasteiger partial charge in [-0.15, -0.1) is 11.3 Å². The van der Waals surface area contributed by atoms with Gasteiger partial charge < -0.3 is 8.83 Å². The molecule has 0 bridgehead atoms. The minimum Gasteiger partial charge on any atom is -0.455 e. The first-order chi connectivity index (χ1) is 30.2. The van der Waals surface area contributed by atoms with Crippen LogP contribution in [0.4, 0.5) is 0 Å². The molecule has 282 valence electrons. The monoisotopic (exact) mass is 792 g/mol. The number of fused-ring (bicyclic) bond motifs is 15. The normalized spacial score (nSPS) is 12.3. The molecule has 0 amide bonds. The summed E-state index contributed by atoms with van der Waals surface area (Å²) >= 11 is 1.84. The number of hydrogen-bond donors (Lipinski definition) is 0. The summed E-state index contributed by atoms with van der Waals surface area (Å²) < 4.78 is 15.8. The highest BCUT2D eigenvalue weighted by molar-refractivity contribution is 7.26. The first kappa shape index (κ1) is 33.1. The maximum absolute atomic E-state index is 6.80. The maximum Gasteiger partial charge on any atom is 0.144 e. The number of benzene rings is 11. The Kier molecular flexibility index (Phi) is 6.74. The molecule has 2 nitrogen and oxygen atoms in total. The number of rotatable bonds is 3. The standard InChI is InChI=1S/C58H32O2S/c1-2-13-37-33(11-1)12-9-20-41(37)54-44-17-5-3-15-42(44)53(43-16-4-6-18-45(43)54)36-25-29-51-49(32-36)46-21-10-19-38(56(46)59-51)34-23-26-39-35(31-34)24-27-48-55-52(61-58(39)48)30-28-47-40-14-7-8-22-50(40)60-57(47)55/h1-32H. The minimum absolute atomic E-state index is 0.886. The molecule has 0 saturated heterocycles. The van der Waals surface area contributed by atoms with E-state index in [9.17, 15) is 0 Å². The summed E-state index contributed by atoms with van der Waals surface area (Å²) in [6, 6.07) is 70.7. The van der Waals surface area contributed by atoms with Gasteiger partial charge in [-0.25, -0.2) is 0 Å². The lowest BCUT2D eigenvalue weighted by Crippen LogP contribution is -1.91. The zero-order valence-corrected chi connectivity index (χ0v) is 33.5. The van der Waals surface area contributed by atoms with Crippen molar-refractivity contribution >= 4 is 118 Å². The first-order valence-electron chi connectivity index (χ1n) is 20.8. The lowest BCUT2D eigenvalue weighted by Gasteiger charge is -2.18. The molecule has 3 heterocycles. The van der Waals surface area contributed by atoms with Crippen molar-refractivity contribution in [2.45, 2.75) is 0 Å². The fourth-order valence-electron chi connectivity index (χ4n) is 10.4. The van der Waals surface area contributed by atoms with Crippen LogP contribution in [0, 0.1) is 0 Å². The molecule has 0 N–H and O–H groups in total. The van der Waals surface area contributed by atoms with Crippen LogP contribution in [0.25, 0.3) is 141 Å². The van der Waals surface area contributed by atoms with E-state index < -0.39 is 0 Å². The third-order valence-corrected chi connectivity index (χ3v) is 14.3. The van der Waals surface area contributed by atoms with Crippen LogP contribution in [0.5, 0.6) is 0 Å². The average Bonchev–Trinajstić information content (AvgIpc) is 4.02. The summed E-state index contributed by atoms with van der Waals surface area (Å²) in [5.74, 6) is 0. The summed E-state index contributed by atoms with van der Waals surface area (Å²) in [7, 11) is 0. The van der Waals surface area contributed by atoms with Gasteiger partial charge in [0.1, 0.15) is 22.3 Å². The lowest BCUT2D eigenvalue weighted by molar-refractivity contribution is 0.670. The SMILES string of the molecule is c1ccc2c(-c3c4ccccc4c(-c4ccc5oc6c(-c7ccc8c(ccc9c8sc8ccc%10c%11ccccc%11oc%10c89)c7)cccc6c5c4)c4ccccc34)cccc2c1. The second-order valence-corrected chi connectivity index (χ2v) is 17.3. The van der Waals surface area contributed by atoms with Crippen LogP contribution in [-0.4, -0.2) is 0 Å². The van der Waals surface area contributed by atoms with Gasteiger partial charge in [-0.1, -0.05) is 158 Å². The average molecular weight is 793 g/mol. The fraction of sp³-hybridized carbons (Fsp3) is 0. The summed E-state index contributed by atoms with van der Waals surface area (Å²) in [6.07, 6.45) is 0. The van der Waals surface area contributed by atoms with Crippen molar-refractivity contribution in [2.24, 2.45) is 0 Å². The van der Waals surface area contributed by atoms with Crippen LogP contribution < -0.4 is 0 Å². The highest BCUT2D eigenvalue weighted by Crippen LogP contribution is 2.48. The van der Waals surface area contributed by atoms with Crippen molar-refractivity contribution in [1.29, 1.82) is 0 Å². The first-order valence-corrected chi connectivity index (χ1v) is 21.6. The number of furan rings is 2. The summed E-state index contributed by atoms with van der Waals surface area (Å²) in [6.45, 7) is 0. The van der Waals surface area contributed by atoms with Crippen molar-refractivity contribution in [3.05, 3.63) is 194 Å². The van der Waals surface area contributed by atoms with E-state index in [0.717, 1.165) is 49.6 Å². The smallest absolute Gasteiger partial charge is 0.144 e. The number of hydrogen-bond acceptors (Lipinski definition) is 3.